The smallest absolute Gasteiger partial charge is 0.0703 e. The van der Waals surface area contributed by atoms with Gasteiger partial charge in [0, 0.05) is 36.1 Å². The van der Waals surface area contributed by atoms with Crippen LogP contribution in [0, 0.1) is 0 Å². The first-order valence-corrected chi connectivity index (χ1v) is 7.35. The van der Waals surface area contributed by atoms with Gasteiger partial charge in [0.05, 0.1) is 11.9 Å². The first-order valence-electron chi connectivity index (χ1n) is 6.41. The Morgan fingerprint density at radius 1 is 1.32 bits per heavy atom. The minimum Gasteiger partial charge on any atom is -0.315 e. The van der Waals surface area contributed by atoms with Gasteiger partial charge in [-0.2, -0.15) is 16.4 Å². The number of nitrogens with one attached hydrogen (secondary N) is 2. The van der Waals surface area contributed by atoms with Crippen LogP contribution in [0.1, 0.15) is 12.0 Å². The fourth-order valence-electron chi connectivity index (χ4n) is 2.39. The van der Waals surface area contributed by atoms with Gasteiger partial charge in [0.15, 0.2) is 0 Å². The van der Waals surface area contributed by atoms with Crippen molar-refractivity contribution in [2.45, 2.75) is 13.0 Å². The molecule has 1 saturated heterocycles. The zero-order valence-corrected chi connectivity index (χ0v) is 12.4. The lowest BCUT2D eigenvalue weighted by atomic mass is 10.1. The van der Waals surface area contributed by atoms with E-state index in [0.29, 0.717) is 0 Å². The van der Waals surface area contributed by atoms with Crippen molar-refractivity contribution < 1.29 is 0 Å². The third-order valence-corrected chi connectivity index (χ3v) is 4.04. The summed E-state index contributed by atoms with van der Waals surface area (Å²) in [5.74, 6) is 0. The molecular weight excluding hydrogens is 280 g/mol. The van der Waals surface area contributed by atoms with Crippen molar-refractivity contribution in [3.8, 4) is 11.3 Å². The minimum atomic E-state index is 0. The lowest BCUT2D eigenvalue weighted by molar-refractivity contribution is 0.285. The van der Waals surface area contributed by atoms with E-state index < -0.39 is 0 Å². The van der Waals surface area contributed by atoms with E-state index in [9.17, 15) is 0 Å². The van der Waals surface area contributed by atoms with Gasteiger partial charge in [-0.15, -0.1) is 12.4 Å². The number of halogens is 1. The second-order valence-corrected chi connectivity index (χ2v) is 5.44. The van der Waals surface area contributed by atoms with E-state index in [1.807, 2.05) is 6.20 Å². The van der Waals surface area contributed by atoms with Crippen molar-refractivity contribution in [1.29, 1.82) is 0 Å². The van der Waals surface area contributed by atoms with E-state index in [0.717, 1.165) is 26.2 Å². The van der Waals surface area contributed by atoms with Gasteiger partial charge >= 0.3 is 0 Å². The maximum atomic E-state index is 4.20. The molecule has 4 nitrogen and oxygen atoms in total. The van der Waals surface area contributed by atoms with Crippen LogP contribution in [0.2, 0.25) is 0 Å². The number of aromatic nitrogens is 2. The van der Waals surface area contributed by atoms with E-state index in [4.69, 9.17) is 0 Å². The van der Waals surface area contributed by atoms with E-state index in [1.165, 1.54) is 29.8 Å². The lowest BCUT2D eigenvalue weighted by Gasteiger charge is -2.19. The summed E-state index contributed by atoms with van der Waals surface area (Å²) in [7, 11) is 0. The Kier molecular flexibility index (Phi) is 5.39. The summed E-state index contributed by atoms with van der Waals surface area (Å²) in [5.41, 5.74) is 3.73. The van der Waals surface area contributed by atoms with Gasteiger partial charge < -0.3 is 5.32 Å². The molecule has 3 heterocycles. The normalized spacial score (nSPS) is 16.8. The number of nitrogens with zero attached hydrogens (tertiary/aromatic N) is 2. The van der Waals surface area contributed by atoms with Crippen molar-refractivity contribution in [1.82, 2.24) is 20.4 Å². The molecule has 1 aliphatic heterocycles. The van der Waals surface area contributed by atoms with Crippen LogP contribution < -0.4 is 5.32 Å². The first kappa shape index (κ1) is 14.5. The summed E-state index contributed by atoms with van der Waals surface area (Å²) >= 11 is 1.72. The standard InChI is InChI=1S/C13H18N4S.ClH/c1-3-14-4-6-17(5-1)9-12-8-15-16-13(12)11-2-7-18-10-11;/h2,7-8,10,14H,1,3-6,9H2,(H,15,16);1H. The highest BCUT2D eigenvalue weighted by Crippen LogP contribution is 2.24. The number of rotatable bonds is 3. The molecule has 0 aromatic carbocycles. The van der Waals surface area contributed by atoms with Gasteiger partial charge in [0.1, 0.15) is 0 Å². The van der Waals surface area contributed by atoms with Gasteiger partial charge in [-0.25, -0.2) is 0 Å². The predicted molar refractivity (Wildman–Crippen MR) is 81.9 cm³/mol. The average molecular weight is 299 g/mol. The molecule has 1 aliphatic rings. The summed E-state index contributed by atoms with van der Waals surface area (Å²) in [4.78, 5) is 2.50. The van der Waals surface area contributed by atoms with Gasteiger partial charge in [0.2, 0.25) is 0 Å². The number of hydrogen-bond donors (Lipinski definition) is 2. The predicted octanol–water partition coefficient (Wildman–Crippen LogP) is 2.36. The van der Waals surface area contributed by atoms with Gasteiger partial charge in [0.25, 0.3) is 0 Å². The summed E-state index contributed by atoms with van der Waals surface area (Å²) < 4.78 is 0. The van der Waals surface area contributed by atoms with E-state index in [-0.39, 0.29) is 12.4 Å². The topological polar surface area (TPSA) is 44.0 Å². The monoisotopic (exact) mass is 298 g/mol. The molecular formula is C13H19ClN4S. The molecule has 0 radical (unpaired) electrons. The van der Waals surface area contributed by atoms with Gasteiger partial charge in [-0.3, -0.25) is 10.00 Å². The van der Waals surface area contributed by atoms with E-state index >= 15 is 0 Å². The second kappa shape index (κ2) is 7.05. The molecule has 1 fully saturated rings. The largest absolute Gasteiger partial charge is 0.315 e. The van der Waals surface area contributed by atoms with Crippen LogP contribution in [0.5, 0.6) is 0 Å². The zero-order valence-electron chi connectivity index (χ0n) is 10.8. The number of aromatic amines is 1. The van der Waals surface area contributed by atoms with Crippen LogP contribution in [0.4, 0.5) is 0 Å². The van der Waals surface area contributed by atoms with Crippen molar-refractivity contribution in [3.63, 3.8) is 0 Å². The molecule has 0 unspecified atom stereocenters. The van der Waals surface area contributed by atoms with Crippen LogP contribution in [0.3, 0.4) is 0 Å². The summed E-state index contributed by atoms with van der Waals surface area (Å²) in [6.45, 7) is 5.50. The molecule has 19 heavy (non-hydrogen) atoms. The molecule has 0 saturated carbocycles. The summed E-state index contributed by atoms with van der Waals surface area (Å²) in [6, 6.07) is 2.14. The van der Waals surface area contributed by atoms with Crippen LogP contribution in [0.15, 0.2) is 23.0 Å². The Hall–Kier alpha value is -0.880. The maximum Gasteiger partial charge on any atom is 0.0703 e. The highest BCUT2D eigenvalue weighted by atomic mass is 35.5. The molecule has 6 heteroatoms. The van der Waals surface area contributed by atoms with Crippen LogP contribution >= 0.6 is 23.7 Å². The van der Waals surface area contributed by atoms with E-state index in [2.05, 4.69) is 37.2 Å². The number of hydrogen-bond acceptors (Lipinski definition) is 4. The molecule has 3 rings (SSSR count). The van der Waals surface area contributed by atoms with Crippen molar-refractivity contribution in [3.05, 3.63) is 28.6 Å². The molecule has 0 bridgehead atoms. The van der Waals surface area contributed by atoms with Gasteiger partial charge in [-0.1, -0.05) is 0 Å². The summed E-state index contributed by atoms with van der Waals surface area (Å²) in [5, 5.41) is 15.0. The first-order chi connectivity index (χ1) is 8.93. The highest BCUT2D eigenvalue weighted by Gasteiger charge is 2.13. The molecule has 2 N–H and O–H groups in total. The quantitative estimate of drug-likeness (QED) is 0.914. The molecule has 0 atom stereocenters. The van der Waals surface area contributed by atoms with Crippen LogP contribution in [0.25, 0.3) is 11.3 Å². The Bertz CT molecular complexity index is 475. The fraction of sp³-hybridized carbons (Fsp3) is 0.462. The number of thiophene rings is 1. The van der Waals surface area contributed by atoms with Crippen molar-refractivity contribution in [2.75, 3.05) is 26.2 Å². The van der Waals surface area contributed by atoms with E-state index in [1.54, 1.807) is 11.3 Å². The number of H-pyrrole nitrogens is 1. The molecule has 0 spiro atoms. The average Bonchev–Trinajstić information content (AvgIpc) is 2.97. The Morgan fingerprint density at radius 2 is 2.26 bits per heavy atom. The maximum absolute atomic E-state index is 4.20. The fourth-order valence-corrected chi connectivity index (χ4v) is 3.04. The Morgan fingerprint density at radius 3 is 3.11 bits per heavy atom. The minimum absolute atomic E-state index is 0. The zero-order chi connectivity index (χ0) is 12.2. The summed E-state index contributed by atoms with van der Waals surface area (Å²) in [6.07, 6.45) is 3.19. The van der Waals surface area contributed by atoms with Crippen molar-refractivity contribution in [2.24, 2.45) is 0 Å². The molecule has 104 valence electrons. The van der Waals surface area contributed by atoms with Gasteiger partial charge in [-0.05, 0) is 31.0 Å². The highest BCUT2D eigenvalue weighted by molar-refractivity contribution is 7.08. The molecule has 2 aromatic rings. The Balaban J connectivity index is 0.00000133. The molecule has 0 amide bonds. The Labute approximate surface area is 123 Å². The van der Waals surface area contributed by atoms with Crippen molar-refractivity contribution >= 4 is 23.7 Å². The third-order valence-electron chi connectivity index (χ3n) is 3.35. The van der Waals surface area contributed by atoms with Crippen LogP contribution in [-0.4, -0.2) is 41.3 Å². The SMILES string of the molecule is Cl.c1cc(-c2[nH]ncc2CN2CCCNCC2)cs1. The third kappa shape index (κ3) is 3.57. The second-order valence-electron chi connectivity index (χ2n) is 4.66. The molecule has 2 aromatic heterocycles. The molecule has 0 aliphatic carbocycles. The van der Waals surface area contributed by atoms with Crippen LogP contribution in [-0.2, 0) is 6.54 Å². The lowest BCUT2D eigenvalue weighted by Crippen LogP contribution is -2.27.